The van der Waals surface area contributed by atoms with Gasteiger partial charge in [-0.15, -0.1) is 0 Å². The summed E-state index contributed by atoms with van der Waals surface area (Å²) in [6, 6.07) is 9.41. The zero-order valence-electron chi connectivity index (χ0n) is 11.4. The minimum atomic E-state index is -0.360. The summed E-state index contributed by atoms with van der Waals surface area (Å²) in [6.07, 6.45) is 0.568. The predicted molar refractivity (Wildman–Crippen MR) is 78.1 cm³/mol. The van der Waals surface area contributed by atoms with Gasteiger partial charge in [-0.05, 0) is 55.3 Å². The number of halogens is 3. The Morgan fingerprint density at radius 1 is 1.15 bits per heavy atom. The Labute approximate surface area is 122 Å². The first-order valence-electron chi connectivity index (χ1n) is 6.38. The summed E-state index contributed by atoms with van der Waals surface area (Å²) >= 11 is 6.03. The molecule has 0 aliphatic rings. The summed E-state index contributed by atoms with van der Waals surface area (Å²) < 4.78 is 26.7. The maximum absolute atomic E-state index is 13.6. The number of aryl methyl sites for hydroxylation is 1. The Hall–Kier alpha value is -1.45. The molecule has 0 aliphatic heterocycles. The third-order valence-electron chi connectivity index (χ3n) is 3.39. The standard InChI is InChI=1S/C16H16ClF2N/c1-10-3-4-12(7-15(10)19)16(20-2)8-11-5-6-13(18)9-14(11)17/h3-7,9,16,20H,8H2,1-2H3. The Kier molecular flexibility index (Phi) is 4.73. The van der Waals surface area contributed by atoms with E-state index in [4.69, 9.17) is 11.6 Å². The average molecular weight is 296 g/mol. The summed E-state index contributed by atoms with van der Waals surface area (Å²) in [4.78, 5) is 0. The molecule has 0 radical (unpaired) electrons. The number of benzene rings is 2. The van der Waals surface area contributed by atoms with Crippen LogP contribution in [0.1, 0.15) is 22.7 Å². The van der Waals surface area contributed by atoms with Crippen LogP contribution in [0, 0.1) is 18.6 Å². The zero-order chi connectivity index (χ0) is 14.7. The first-order chi connectivity index (χ1) is 9.51. The highest BCUT2D eigenvalue weighted by molar-refractivity contribution is 6.31. The van der Waals surface area contributed by atoms with Gasteiger partial charge in [-0.3, -0.25) is 0 Å². The second-order valence-electron chi connectivity index (χ2n) is 4.79. The van der Waals surface area contributed by atoms with Crippen molar-refractivity contribution in [2.24, 2.45) is 0 Å². The Balaban J connectivity index is 2.26. The molecule has 0 saturated heterocycles. The molecule has 0 fully saturated rings. The maximum Gasteiger partial charge on any atom is 0.126 e. The zero-order valence-corrected chi connectivity index (χ0v) is 12.1. The predicted octanol–water partition coefficient (Wildman–Crippen LogP) is 4.43. The van der Waals surface area contributed by atoms with Gasteiger partial charge in [0.05, 0.1) is 0 Å². The van der Waals surface area contributed by atoms with Crippen LogP contribution in [0.2, 0.25) is 5.02 Å². The molecule has 0 amide bonds. The number of hydrogen-bond acceptors (Lipinski definition) is 1. The van der Waals surface area contributed by atoms with Crippen molar-refractivity contribution in [3.63, 3.8) is 0 Å². The molecule has 1 N–H and O–H groups in total. The van der Waals surface area contributed by atoms with Crippen molar-refractivity contribution in [3.8, 4) is 0 Å². The van der Waals surface area contributed by atoms with Crippen LogP contribution in [0.4, 0.5) is 8.78 Å². The molecule has 0 aromatic heterocycles. The lowest BCUT2D eigenvalue weighted by molar-refractivity contribution is 0.573. The smallest absolute Gasteiger partial charge is 0.126 e. The van der Waals surface area contributed by atoms with Gasteiger partial charge in [-0.2, -0.15) is 0 Å². The van der Waals surface area contributed by atoms with Gasteiger partial charge in [0.2, 0.25) is 0 Å². The van der Waals surface area contributed by atoms with E-state index in [2.05, 4.69) is 5.32 Å². The topological polar surface area (TPSA) is 12.0 Å². The van der Waals surface area contributed by atoms with Crippen molar-refractivity contribution in [2.75, 3.05) is 7.05 Å². The minimum Gasteiger partial charge on any atom is -0.313 e. The largest absolute Gasteiger partial charge is 0.313 e. The molecule has 2 aromatic carbocycles. The van der Waals surface area contributed by atoms with Crippen LogP contribution in [0.5, 0.6) is 0 Å². The molecule has 1 nitrogen and oxygen atoms in total. The molecule has 0 heterocycles. The molecule has 0 bridgehead atoms. The Morgan fingerprint density at radius 3 is 2.50 bits per heavy atom. The van der Waals surface area contributed by atoms with E-state index in [1.807, 2.05) is 6.07 Å². The third-order valence-corrected chi connectivity index (χ3v) is 3.74. The summed E-state index contributed by atoms with van der Waals surface area (Å²) in [5.74, 6) is -0.589. The van der Waals surface area contributed by atoms with E-state index in [1.165, 1.54) is 18.2 Å². The molecular formula is C16H16ClF2N. The Bertz CT molecular complexity index is 613. The van der Waals surface area contributed by atoms with E-state index in [-0.39, 0.29) is 17.7 Å². The summed E-state index contributed by atoms with van der Waals surface area (Å²) in [7, 11) is 1.81. The fourth-order valence-corrected chi connectivity index (χ4v) is 2.36. The molecule has 4 heteroatoms. The van der Waals surface area contributed by atoms with E-state index in [9.17, 15) is 8.78 Å². The number of hydrogen-bond donors (Lipinski definition) is 1. The lowest BCUT2D eigenvalue weighted by Crippen LogP contribution is -2.19. The summed E-state index contributed by atoms with van der Waals surface area (Å²) in [6.45, 7) is 1.73. The van der Waals surface area contributed by atoms with Crippen LogP contribution in [-0.4, -0.2) is 7.05 Å². The van der Waals surface area contributed by atoms with Crippen LogP contribution in [0.3, 0.4) is 0 Å². The van der Waals surface area contributed by atoms with Crippen molar-refractivity contribution in [2.45, 2.75) is 19.4 Å². The molecular weight excluding hydrogens is 280 g/mol. The van der Waals surface area contributed by atoms with Crippen molar-refractivity contribution < 1.29 is 8.78 Å². The van der Waals surface area contributed by atoms with Gasteiger partial charge in [0.25, 0.3) is 0 Å². The molecule has 0 aliphatic carbocycles. The van der Waals surface area contributed by atoms with Gasteiger partial charge in [0.15, 0.2) is 0 Å². The van der Waals surface area contributed by atoms with Gasteiger partial charge < -0.3 is 5.32 Å². The van der Waals surface area contributed by atoms with E-state index in [1.54, 1.807) is 26.1 Å². The summed E-state index contributed by atoms with van der Waals surface area (Å²) in [5.41, 5.74) is 2.29. The normalized spacial score (nSPS) is 12.4. The second-order valence-corrected chi connectivity index (χ2v) is 5.20. The van der Waals surface area contributed by atoms with E-state index in [0.29, 0.717) is 17.0 Å². The van der Waals surface area contributed by atoms with Crippen LogP contribution in [0.15, 0.2) is 36.4 Å². The highest BCUT2D eigenvalue weighted by Gasteiger charge is 2.14. The quantitative estimate of drug-likeness (QED) is 0.880. The lowest BCUT2D eigenvalue weighted by Gasteiger charge is -2.18. The molecule has 2 aromatic rings. The fourth-order valence-electron chi connectivity index (χ4n) is 2.12. The third kappa shape index (κ3) is 3.35. The van der Waals surface area contributed by atoms with E-state index >= 15 is 0 Å². The number of likely N-dealkylation sites (N-methyl/N-ethyl adjacent to an activating group) is 1. The SMILES string of the molecule is CNC(Cc1ccc(F)cc1Cl)c1ccc(C)c(F)c1. The van der Waals surface area contributed by atoms with E-state index < -0.39 is 0 Å². The molecule has 0 spiro atoms. The molecule has 1 atom stereocenters. The molecule has 106 valence electrons. The highest BCUT2D eigenvalue weighted by Crippen LogP contribution is 2.25. The van der Waals surface area contributed by atoms with Crippen molar-refractivity contribution >= 4 is 11.6 Å². The fraction of sp³-hybridized carbons (Fsp3) is 0.250. The van der Waals surface area contributed by atoms with Crippen LogP contribution in [-0.2, 0) is 6.42 Å². The molecule has 1 unspecified atom stereocenters. The maximum atomic E-state index is 13.6. The van der Waals surface area contributed by atoms with Crippen LogP contribution >= 0.6 is 11.6 Å². The van der Waals surface area contributed by atoms with Gasteiger partial charge in [-0.25, -0.2) is 8.78 Å². The first kappa shape index (κ1) is 14.9. The van der Waals surface area contributed by atoms with Crippen molar-refractivity contribution in [1.29, 1.82) is 0 Å². The van der Waals surface area contributed by atoms with Gasteiger partial charge in [0, 0.05) is 11.1 Å². The molecule has 2 rings (SSSR count). The average Bonchev–Trinajstić information content (AvgIpc) is 2.41. The first-order valence-corrected chi connectivity index (χ1v) is 6.76. The van der Waals surface area contributed by atoms with Crippen molar-refractivity contribution in [1.82, 2.24) is 5.32 Å². The monoisotopic (exact) mass is 295 g/mol. The van der Waals surface area contributed by atoms with Crippen LogP contribution < -0.4 is 5.32 Å². The highest BCUT2D eigenvalue weighted by atomic mass is 35.5. The molecule has 0 saturated carbocycles. The van der Waals surface area contributed by atoms with E-state index in [0.717, 1.165) is 11.1 Å². The van der Waals surface area contributed by atoms with Crippen LogP contribution in [0.25, 0.3) is 0 Å². The van der Waals surface area contributed by atoms with Gasteiger partial charge in [-0.1, -0.05) is 29.8 Å². The van der Waals surface area contributed by atoms with Crippen molar-refractivity contribution in [3.05, 3.63) is 69.7 Å². The Morgan fingerprint density at radius 2 is 1.90 bits per heavy atom. The summed E-state index contributed by atoms with van der Waals surface area (Å²) in [5, 5.41) is 3.52. The van der Waals surface area contributed by atoms with Gasteiger partial charge >= 0.3 is 0 Å². The minimum absolute atomic E-state index is 0.0759. The number of rotatable bonds is 4. The van der Waals surface area contributed by atoms with Gasteiger partial charge in [0.1, 0.15) is 11.6 Å². The second kappa shape index (κ2) is 6.33. The molecule has 20 heavy (non-hydrogen) atoms. The lowest BCUT2D eigenvalue weighted by atomic mass is 9.98. The number of nitrogens with one attached hydrogen (secondary N) is 1.